The first-order valence-corrected chi connectivity index (χ1v) is 7.33. The maximum absolute atomic E-state index is 9.82. The lowest BCUT2D eigenvalue weighted by molar-refractivity contribution is 0.159. The molecule has 2 aromatic rings. The van der Waals surface area contributed by atoms with Crippen LogP contribution in [0.25, 0.3) is 5.69 Å². The van der Waals surface area contributed by atoms with E-state index in [2.05, 4.69) is 48.2 Å². The second-order valence-electron chi connectivity index (χ2n) is 5.19. The van der Waals surface area contributed by atoms with Gasteiger partial charge in [0.2, 0.25) is 0 Å². The smallest absolute Gasteiger partial charge is 0.0667 e. The van der Waals surface area contributed by atoms with Crippen molar-refractivity contribution in [3.63, 3.8) is 0 Å². The van der Waals surface area contributed by atoms with Crippen LogP contribution in [0.15, 0.2) is 55.4 Å². The van der Waals surface area contributed by atoms with E-state index in [9.17, 15) is 5.11 Å². The number of aliphatic hydroxyl groups is 1. The molecule has 0 bridgehead atoms. The van der Waals surface area contributed by atoms with Crippen LogP contribution in [0.1, 0.15) is 31.4 Å². The minimum atomic E-state index is -0.325. The summed E-state index contributed by atoms with van der Waals surface area (Å²) in [7, 11) is 0. The standard InChI is InChI=1S/C17H23N3O/c1-3-4-6-17(21)13-18-14(2)15-7-9-16(10-8-15)20-12-5-11-19-20/h3,5,7-12,14,17-18,21H,1,4,6,13H2,2H3. The summed E-state index contributed by atoms with van der Waals surface area (Å²) < 4.78 is 1.83. The molecule has 21 heavy (non-hydrogen) atoms. The van der Waals surface area contributed by atoms with Gasteiger partial charge < -0.3 is 10.4 Å². The summed E-state index contributed by atoms with van der Waals surface area (Å²) in [6, 6.07) is 10.4. The Labute approximate surface area is 126 Å². The monoisotopic (exact) mass is 285 g/mol. The predicted molar refractivity (Wildman–Crippen MR) is 85.4 cm³/mol. The fraction of sp³-hybridized carbons (Fsp3) is 0.353. The Morgan fingerprint density at radius 3 is 2.76 bits per heavy atom. The van der Waals surface area contributed by atoms with Crippen LogP contribution in [0.3, 0.4) is 0 Å². The third kappa shape index (κ3) is 4.55. The van der Waals surface area contributed by atoms with E-state index < -0.39 is 0 Å². The van der Waals surface area contributed by atoms with Crippen LogP contribution in [0.5, 0.6) is 0 Å². The van der Waals surface area contributed by atoms with Gasteiger partial charge in [0.25, 0.3) is 0 Å². The van der Waals surface area contributed by atoms with Crippen LogP contribution in [0.2, 0.25) is 0 Å². The number of rotatable bonds is 8. The molecule has 2 rings (SSSR count). The summed E-state index contributed by atoms with van der Waals surface area (Å²) >= 11 is 0. The largest absolute Gasteiger partial charge is 0.392 e. The fourth-order valence-electron chi connectivity index (χ4n) is 2.18. The highest BCUT2D eigenvalue weighted by molar-refractivity contribution is 5.34. The maximum Gasteiger partial charge on any atom is 0.0667 e. The quantitative estimate of drug-likeness (QED) is 0.733. The molecule has 4 nitrogen and oxygen atoms in total. The van der Waals surface area contributed by atoms with Crippen molar-refractivity contribution in [3.05, 3.63) is 60.9 Å². The topological polar surface area (TPSA) is 50.1 Å². The number of hydrogen-bond donors (Lipinski definition) is 2. The van der Waals surface area contributed by atoms with E-state index in [1.165, 1.54) is 5.56 Å². The first-order valence-electron chi connectivity index (χ1n) is 7.33. The van der Waals surface area contributed by atoms with E-state index in [1.54, 1.807) is 6.20 Å². The van der Waals surface area contributed by atoms with Crippen molar-refractivity contribution in [1.29, 1.82) is 0 Å². The Balaban J connectivity index is 1.88. The second-order valence-corrected chi connectivity index (χ2v) is 5.19. The molecule has 0 saturated carbocycles. The van der Waals surface area contributed by atoms with Gasteiger partial charge in [-0.3, -0.25) is 0 Å². The van der Waals surface area contributed by atoms with Gasteiger partial charge in [0.15, 0.2) is 0 Å². The van der Waals surface area contributed by atoms with Crippen molar-refractivity contribution in [2.45, 2.75) is 31.9 Å². The Kier molecular flexibility index (Phi) is 5.72. The summed E-state index contributed by atoms with van der Waals surface area (Å²) in [6.45, 7) is 6.36. The molecular formula is C17H23N3O. The number of hydrogen-bond acceptors (Lipinski definition) is 3. The van der Waals surface area contributed by atoms with Gasteiger partial charge >= 0.3 is 0 Å². The zero-order chi connectivity index (χ0) is 15.1. The van der Waals surface area contributed by atoms with Gasteiger partial charge in [0.05, 0.1) is 11.8 Å². The van der Waals surface area contributed by atoms with Crippen LogP contribution in [0.4, 0.5) is 0 Å². The average Bonchev–Trinajstić information content (AvgIpc) is 3.05. The highest BCUT2D eigenvalue weighted by atomic mass is 16.3. The molecule has 2 unspecified atom stereocenters. The molecule has 0 amide bonds. The molecule has 112 valence electrons. The molecule has 0 saturated heterocycles. The zero-order valence-corrected chi connectivity index (χ0v) is 12.4. The minimum Gasteiger partial charge on any atom is -0.392 e. The van der Waals surface area contributed by atoms with Crippen LogP contribution in [-0.4, -0.2) is 27.5 Å². The zero-order valence-electron chi connectivity index (χ0n) is 12.4. The number of nitrogens with zero attached hydrogens (tertiary/aromatic N) is 2. The lowest BCUT2D eigenvalue weighted by Crippen LogP contribution is -2.29. The van der Waals surface area contributed by atoms with Gasteiger partial charge in [-0.15, -0.1) is 6.58 Å². The van der Waals surface area contributed by atoms with E-state index in [0.29, 0.717) is 6.54 Å². The van der Waals surface area contributed by atoms with Gasteiger partial charge in [0.1, 0.15) is 0 Å². The SMILES string of the molecule is C=CCCC(O)CNC(C)c1ccc(-n2cccn2)cc1. The summed E-state index contributed by atoms with van der Waals surface area (Å²) in [6.07, 6.45) is 6.79. The van der Waals surface area contributed by atoms with Gasteiger partial charge in [0, 0.05) is 25.0 Å². The van der Waals surface area contributed by atoms with Gasteiger partial charge in [-0.05, 0) is 43.5 Å². The third-order valence-electron chi connectivity index (χ3n) is 3.53. The van der Waals surface area contributed by atoms with Gasteiger partial charge in [-0.1, -0.05) is 18.2 Å². The Morgan fingerprint density at radius 2 is 2.14 bits per heavy atom. The second kappa shape index (κ2) is 7.76. The van der Waals surface area contributed by atoms with E-state index in [0.717, 1.165) is 18.5 Å². The van der Waals surface area contributed by atoms with E-state index in [-0.39, 0.29) is 12.1 Å². The molecule has 0 radical (unpaired) electrons. The van der Waals surface area contributed by atoms with Crippen LogP contribution in [0, 0.1) is 0 Å². The molecule has 1 heterocycles. The Morgan fingerprint density at radius 1 is 1.38 bits per heavy atom. The van der Waals surface area contributed by atoms with Crippen molar-refractivity contribution < 1.29 is 5.11 Å². The maximum atomic E-state index is 9.82. The lowest BCUT2D eigenvalue weighted by Gasteiger charge is -2.17. The van der Waals surface area contributed by atoms with Gasteiger partial charge in [-0.25, -0.2) is 4.68 Å². The van der Waals surface area contributed by atoms with Crippen LogP contribution >= 0.6 is 0 Å². The molecule has 0 aliphatic carbocycles. The molecular weight excluding hydrogens is 262 g/mol. The summed E-state index contributed by atoms with van der Waals surface area (Å²) in [4.78, 5) is 0. The predicted octanol–water partition coefficient (Wildman–Crippen LogP) is 2.85. The highest BCUT2D eigenvalue weighted by Gasteiger charge is 2.08. The third-order valence-corrected chi connectivity index (χ3v) is 3.53. The van der Waals surface area contributed by atoms with Crippen LogP contribution in [-0.2, 0) is 0 Å². The van der Waals surface area contributed by atoms with Crippen LogP contribution < -0.4 is 5.32 Å². The van der Waals surface area contributed by atoms with Crippen molar-refractivity contribution in [2.75, 3.05) is 6.54 Å². The molecule has 2 atom stereocenters. The van der Waals surface area contributed by atoms with Crippen molar-refractivity contribution in [3.8, 4) is 5.69 Å². The molecule has 0 spiro atoms. The molecule has 0 aliphatic rings. The van der Waals surface area contributed by atoms with Crippen molar-refractivity contribution in [1.82, 2.24) is 15.1 Å². The number of benzene rings is 1. The molecule has 0 fully saturated rings. The first kappa shape index (κ1) is 15.5. The van der Waals surface area contributed by atoms with Crippen molar-refractivity contribution in [2.24, 2.45) is 0 Å². The molecule has 2 N–H and O–H groups in total. The highest BCUT2D eigenvalue weighted by Crippen LogP contribution is 2.15. The molecule has 1 aromatic carbocycles. The first-order chi connectivity index (χ1) is 10.2. The molecule has 1 aromatic heterocycles. The van der Waals surface area contributed by atoms with E-state index in [4.69, 9.17) is 0 Å². The summed E-state index contributed by atoms with van der Waals surface area (Å²) in [5.41, 5.74) is 2.24. The van der Waals surface area contributed by atoms with Crippen molar-refractivity contribution >= 4 is 0 Å². The molecule has 4 heteroatoms. The fourth-order valence-corrected chi connectivity index (χ4v) is 2.18. The lowest BCUT2D eigenvalue weighted by atomic mass is 10.1. The number of allylic oxidation sites excluding steroid dienone is 1. The Bertz CT molecular complexity index is 534. The van der Waals surface area contributed by atoms with E-state index >= 15 is 0 Å². The average molecular weight is 285 g/mol. The summed E-state index contributed by atoms with van der Waals surface area (Å²) in [5, 5.41) is 17.4. The number of aliphatic hydroxyl groups excluding tert-OH is 1. The molecule has 0 aliphatic heterocycles. The normalized spacial score (nSPS) is 13.8. The minimum absolute atomic E-state index is 0.204. The van der Waals surface area contributed by atoms with E-state index in [1.807, 2.05) is 23.0 Å². The Hall–Kier alpha value is -1.91. The van der Waals surface area contributed by atoms with Gasteiger partial charge in [-0.2, -0.15) is 5.10 Å². The summed E-state index contributed by atoms with van der Waals surface area (Å²) in [5.74, 6) is 0. The number of nitrogens with one attached hydrogen (secondary N) is 1. The number of aromatic nitrogens is 2.